The van der Waals surface area contributed by atoms with E-state index in [0.29, 0.717) is 11.4 Å². The summed E-state index contributed by atoms with van der Waals surface area (Å²) in [6, 6.07) is 18.4. The molecule has 0 spiro atoms. The van der Waals surface area contributed by atoms with E-state index in [1.54, 1.807) is 55.5 Å². The van der Waals surface area contributed by atoms with Gasteiger partial charge in [-0.3, -0.25) is 9.59 Å². The molecule has 2 heterocycles. The Kier molecular flexibility index (Phi) is 5.63. The van der Waals surface area contributed by atoms with Crippen molar-refractivity contribution in [3.05, 3.63) is 94.4 Å². The standard InChI is InChI=1S/C24H21N3O4S/c1-16-8-11-19(12-9-16)32(30,31)21-14-27(15-22(28)26-18-6-4-3-5-7-18)24-20(23(21)29)13-10-17(2)25-24/h3-14H,15H2,1-2H3,(H,26,28). The number of nitrogens with zero attached hydrogens (tertiary/aromatic N) is 2. The minimum Gasteiger partial charge on any atom is -0.325 e. The van der Waals surface area contributed by atoms with E-state index < -0.39 is 20.2 Å². The summed E-state index contributed by atoms with van der Waals surface area (Å²) in [7, 11) is -4.10. The smallest absolute Gasteiger partial charge is 0.244 e. The lowest BCUT2D eigenvalue weighted by molar-refractivity contribution is -0.116. The highest BCUT2D eigenvalue weighted by molar-refractivity contribution is 7.91. The molecule has 2 aromatic carbocycles. The Morgan fingerprint density at radius 1 is 0.969 bits per heavy atom. The van der Waals surface area contributed by atoms with Gasteiger partial charge >= 0.3 is 0 Å². The van der Waals surface area contributed by atoms with Gasteiger partial charge in [-0.1, -0.05) is 35.9 Å². The number of anilines is 1. The van der Waals surface area contributed by atoms with Gasteiger partial charge in [0.05, 0.1) is 10.3 Å². The number of amides is 1. The molecule has 0 aliphatic carbocycles. The molecule has 162 valence electrons. The second-order valence-corrected chi connectivity index (χ2v) is 9.42. The van der Waals surface area contributed by atoms with Crippen LogP contribution in [0.1, 0.15) is 11.3 Å². The van der Waals surface area contributed by atoms with Gasteiger partial charge in [0.2, 0.25) is 21.2 Å². The summed E-state index contributed by atoms with van der Waals surface area (Å²) < 4.78 is 27.9. The van der Waals surface area contributed by atoms with Crippen molar-refractivity contribution in [3.63, 3.8) is 0 Å². The van der Waals surface area contributed by atoms with Gasteiger partial charge in [0.25, 0.3) is 0 Å². The average Bonchev–Trinajstić information content (AvgIpc) is 2.76. The van der Waals surface area contributed by atoms with Crippen LogP contribution in [0.2, 0.25) is 0 Å². The lowest BCUT2D eigenvalue weighted by Gasteiger charge is -2.14. The number of aryl methyl sites for hydroxylation is 2. The number of carbonyl (C=O) groups is 1. The summed E-state index contributed by atoms with van der Waals surface area (Å²) in [5.74, 6) is -0.372. The number of benzene rings is 2. The topological polar surface area (TPSA) is 98.1 Å². The van der Waals surface area contributed by atoms with Gasteiger partial charge in [0.15, 0.2) is 0 Å². The fraction of sp³-hybridized carbons (Fsp3) is 0.125. The number of carbonyl (C=O) groups excluding carboxylic acids is 1. The number of fused-ring (bicyclic) bond motifs is 1. The lowest BCUT2D eigenvalue weighted by atomic mass is 10.2. The lowest BCUT2D eigenvalue weighted by Crippen LogP contribution is -2.24. The number of aromatic nitrogens is 2. The molecule has 32 heavy (non-hydrogen) atoms. The summed E-state index contributed by atoms with van der Waals surface area (Å²) in [5.41, 5.74) is 1.76. The highest BCUT2D eigenvalue weighted by atomic mass is 32.2. The molecule has 1 amide bonds. The Bertz CT molecular complexity index is 1480. The van der Waals surface area contributed by atoms with Crippen molar-refractivity contribution >= 4 is 32.5 Å². The molecule has 0 radical (unpaired) electrons. The van der Waals surface area contributed by atoms with Crippen LogP contribution in [0.4, 0.5) is 5.69 Å². The Labute approximate surface area is 185 Å². The second-order valence-electron chi connectivity index (χ2n) is 7.50. The van der Waals surface area contributed by atoms with Gasteiger partial charge in [0, 0.05) is 17.6 Å². The molecule has 7 nitrogen and oxygen atoms in total. The van der Waals surface area contributed by atoms with Crippen LogP contribution in [-0.2, 0) is 21.2 Å². The summed E-state index contributed by atoms with van der Waals surface area (Å²) in [6.07, 6.45) is 1.21. The van der Waals surface area contributed by atoms with Crippen LogP contribution in [0, 0.1) is 13.8 Å². The third kappa shape index (κ3) is 4.17. The van der Waals surface area contributed by atoms with Gasteiger partial charge in [-0.25, -0.2) is 13.4 Å². The predicted octanol–water partition coefficient (Wildman–Crippen LogP) is 3.48. The molecular weight excluding hydrogens is 426 g/mol. The molecule has 0 saturated heterocycles. The molecule has 2 aromatic heterocycles. The van der Waals surface area contributed by atoms with Crippen LogP contribution < -0.4 is 10.7 Å². The van der Waals surface area contributed by atoms with Gasteiger partial charge in [-0.2, -0.15) is 0 Å². The Hall–Kier alpha value is -3.78. The second kappa shape index (κ2) is 8.39. The SMILES string of the molecule is Cc1ccc(S(=O)(=O)c2cn(CC(=O)Nc3ccccc3)c3nc(C)ccc3c2=O)cc1. The van der Waals surface area contributed by atoms with E-state index in [-0.39, 0.29) is 28.4 Å². The molecule has 1 N–H and O–H groups in total. The first-order valence-corrected chi connectivity index (χ1v) is 11.4. The quantitative estimate of drug-likeness (QED) is 0.505. The molecule has 4 rings (SSSR count). The van der Waals surface area contributed by atoms with Crippen molar-refractivity contribution in [2.45, 2.75) is 30.2 Å². The van der Waals surface area contributed by atoms with E-state index in [9.17, 15) is 18.0 Å². The van der Waals surface area contributed by atoms with Crippen LogP contribution in [0.5, 0.6) is 0 Å². The van der Waals surface area contributed by atoms with Crippen molar-refractivity contribution < 1.29 is 13.2 Å². The number of hydrogen-bond donors (Lipinski definition) is 1. The number of pyridine rings is 2. The zero-order valence-electron chi connectivity index (χ0n) is 17.6. The number of para-hydroxylation sites is 1. The van der Waals surface area contributed by atoms with E-state index >= 15 is 0 Å². The molecule has 0 saturated carbocycles. The maximum Gasteiger partial charge on any atom is 0.244 e. The van der Waals surface area contributed by atoms with Crippen molar-refractivity contribution in [1.29, 1.82) is 0 Å². The van der Waals surface area contributed by atoms with Gasteiger partial charge in [-0.15, -0.1) is 0 Å². The first-order chi connectivity index (χ1) is 15.3. The Morgan fingerprint density at radius 3 is 2.34 bits per heavy atom. The number of sulfone groups is 1. The van der Waals surface area contributed by atoms with E-state index in [1.807, 2.05) is 13.0 Å². The third-order valence-corrected chi connectivity index (χ3v) is 6.78. The van der Waals surface area contributed by atoms with Gasteiger partial charge < -0.3 is 9.88 Å². The highest BCUT2D eigenvalue weighted by Gasteiger charge is 2.24. The number of hydrogen-bond acceptors (Lipinski definition) is 5. The Balaban J connectivity index is 1.84. The summed E-state index contributed by atoms with van der Waals surface area (Å²) in [5, 5.41) is 2.90. The van der Waals surface area contributed by atoms with E-state index in [0.717, 1.165) is 5.56 Å². The summed E-state index contributed by atoms with van der Waals surface area (Å²) in [6.45, 7) is 3.40. The molecule has 4 aromatic rings. The van der Waals surface area contributed by atoms with E-state index in [4.69, 9.17) is 0 Å². The molecule has 0 bridgehead atoms. The van der Waals surface area contributed by atoms with Gasteiger partial charge in [-0.05, 0) is 50.2 Å². The molecule has 0 unspecified atom stereocenters. The maximum absolute atomic E-state index is 13.3. The monoisotopic (exact) mass is 447 g/mol. The highest BCUT2D eigenvalue weighted by Crippen LogP contribution is 2.21. The fourth-order valence-corrected chi connectivity index (χ4v) is 4.73. The van der Waals surface area contributed by atoms with Crippen LogP contribution in [0.25, 0.3) is 11.0 Å². The average molecular weight is 448 g/mol. The Morgan fingerprint density at radius 2 is 1.66 bits per heavy atom. The van der Waals surface area contributed by atoms with Gasteiger partial charge in [0.1, 0.15) is 17.1 Å². The largest absolute Gasteiger partial charge is 0.325 e. The third-order valence-electron chi connectivity index (χ3n) is 5.02. The first-order valence-electron chi connectivity index (χ1n) is 9.93. The molecule has 0 aliphatic rings. The van der Waals surface area contributed by atoms with Crippen molar-refractivity contribution in [3.8, 4) is 0 Å². The van der Waals surface area contributed by atoms with Crippen molar-refractivity contribution in [2.75, 3.05) is 5.32 Å². The number of rotatable bonds is 5. The maximum atomic E-state index is 13.3. The normalized spacial score (nSPS) is 11.4. The fourth-order valence-electron chi connectivity index (χ4n) is 3.37. The van der Waals surface area contributed by atoms with Crippen LogP contribution >= 0.6 is 0 Å². The minimum absolute atomic E-state index is 0.0138. The zero-order chi connectivity index (χ0) is 22.9. The molecule has 0 atom stereocenters. The van der Waals surface area contributed by atoms with Crippen molar-refractivity contribution in [1.82, 2.24) is 9.55 Å². The molecular formula is C24H21N3O4S. The van der Waals surface area contributed by atoms with Crippen LogP contribution in [-0.4, -0.2) is 23.9 Å². The zero-order valence-corrected chi connectivity index (χ0v) is 18.4. The van der Waals surface area contributed by atoms with Crippen molar-refractivity contribution in [2.24, 2.45) is 0 Å². The minimum atomic E-state index is -4.10. The molecule has 0 aliphatic heterocycles. The first kappa shape index (κ1) is 21.5. The van der Waals surface area contributed by atoms with E-state index in [2.05, 4.69) is 10.3 Å². The van der Waals surface area contributed by atoms with Crippen LogP contribution in [0.15, 0.2) is 87.5 Å². The summed E-state index contributed by atoms with van der Waals surface area (Å²) in [4.78, 5) is 29.8. The number of nitrogens with one attached hydrogen (secondary N) is 1. The molecule has 0 fully saturated rings. The van der Waals surface area contributed by atoms with E-state index in [1.165, 1.54) is 22.9 Å². The summed E-state index contributed by atoms with van der Waals surface area (Å²) >= 11 is 0. The molecule has 8 heteroatoms. The predicted molar refractivity (Wildman–Crippen MR) is 122 cm³/mol. The van der Waals surface area contributed by atoms with Crippen LogP contribution in [0.3, 0.4) is 0 Å².